The van der Waals surface area contributed by atoms with Crippen molar-refractivity contribution in [3.05, 3.63) is 24.8 Å². The lowest BCUT2D eigenvalue weighted by atomic mass is 9.53. The molecule has 84 valence electrons. The van der Waals surface area contributed by atoms with Crippen LogP contribution in [0.1, 0.15) is 46.5 Å². The molecule has 0 aromatic heterocycles. The first-order valence-electron chi connectivity index (χ1n) is 6.19. The zero-order valence-corrected chi connectivity index (χ0v) is 10.5. The van der Waals surface area contributed by atoms with E-state index in [1.165, 1.54) is 24.8 Å². The molecule has 0 aromatic rings. The van der Waals surface area contributed by atoms with Gasteiger partial charge in [0, 0.05) is 0 Å². The van der Waals surface area contributed by atoms with Crippen molar-refractivity contribution in [3.63, 3.8) is 0 Å². The predicted octanol–water partition coefficient (Wildman–Crippen LogP) is 4.58. The molecule has 0 aromatic carbocycles. The number of rotatable bonds is 1. The van der Waals surface area contributed by atoms with Gasteiger partial charge in [0.1, 0.15) is 0 Å². The summed E-state index contributed by atoms with van der Waals surface area (Å²) in [5, 5.41) is 0. The van der Waals surface area contributed by atoms with Crippen LogP contribution in [0, 0.1) is 22.7 Å². The fraction of sp³-hybridized carbons (Fsp3) is 0.733. The van der Waals surface area contributed by atoms with Crippen molar-refractivity contribution in [2.75, 3.05) is 0 Å². The van der Waals surface area contributed by atoms with Crippen molar-refractivity contribution in [1.82, 2.24) is 0 Å². The number of hydrogen-bond acceptors (Lipinski definition) is 0. The van der Waals surface area contributed by atoms with Crippen LogP contribution in [-0.2, 0) is 0 Å². The van der Waals surface area contributed by atoms with Crippen molar-refractivity contribution >= 4 is 0 Å². The molecule has 15 heavy (non-hydrogen) atoms. The Bertz CT molecular complexity index is 297. The fourth-order valence-electron chi connectivity index (χ4n) is 3.66. The highest BCUT2D eigenvalue weighted by Gasteiger charge is 2.50. The summed E-state index contributed by atoms with van der Waals surface area (Å²) in [5.74, 6) is 1.69. The molecule has 0 nitrogen and oxygen atoms in total. The maximum absolute atomic E-state index is 4.32. The molecule has 0 heteroatoms. The Kier molecular flexibility index (Phi) is 2.37. The molecule has 2 rings (SSSR count). The van der Waals surface area contributed by atoms with Crippen LogP contribution in [0.2, 0.25) is 0 Å². The first-order valence-corrected chi connectivity index (χ1v) is 6.19. The third kappa shape index (κ3) is 1.68. The van der Waals surface area contributed by atoms with Gasteiger partial charge in [0.05, 0.1) is 0 Å². The largest absolute Gasteiger partial charge is 0.103 e. The van der Waals surface area contributed by atoms with E-state index in [9.17, 15) is 0 Å². The van der Waals surface area contributed by atoms with Gasteiger partial charge in [-0.05, 0) is 48.3 Å². The van der Waals surface area contributed by atoms with Crippen LogP contribution in [0.15, 0.2) is 24.8 Å². The van der Waals surface area contributed by atoms with Gasteiger partial charge in [-0.3, -0.25) is 0 Å². The molecule has 0 spiro atoms. The van der Waals surface area contributed by atoms with Gasteiger partial charge in [-0.25, -0.2) is 0 Å². The number of allylic oxidation sites excluding steroid dienone is 2. The Morgan fingerprint density at radius 1 is 1.33 bits per heavy atom. The first kappa shape index (κ1) is 11.0. The summed E-state index contributed by atoms with van der Waals surface area (Å²) in [6.45, 7) is 15.5. The minimum atomic E-state index is 0.310. The van der Waals surface area contributed by atoms with E-state index in [-0.39, 0.29) is 0 Å². The number of fused-ring (bicyclic) bond motifs is 1. The normalized spacial score (nSPS) is 43.8. The molecule has 0 heterocycles. The summed E-state index contributed by atoms with van der Waals surface area (Å²) in [4.78, 5) is 0. The highest BCUT2D eigenvalue weighted by Crippen LogP contribution is 2.59. The molecule has 0 N–H and O–H groups in total. The molecule has 0 saturated heterocycles. The second kappa shape index (κ2) is 3.23. The monoisotopic (exact) mass is 204 g/mol. The molecule has 0 bridgehead atoms. The van der Waals surface area contributed by atoms with Gasteiger partial charge < -0.3 is 0 Å². The topological polar surface area (TPSA) is 0 Å². The maximum atomic E-state index is 4.32. The molecule has 2 fully saturated rings. The van der Waals surface area contributed by atoms with Crippen LogP contribution < -0.4 is 0 Å². The van der Waals surface area contributed by atoms with E-state index in [2.05, 4.69) is 40.0 Å². The van der Waals surface area contributed by atoms with Crippen LogP contribution in [0.4, 0.5) is 0 Å². The second-order valence-electron chi connectivity index (χ2n) is 6.64. The van der Waals surface area contributed by atoms with Gasteiger partial charge >= 0.3 is 0 Å². The second-order valence-corrected chi connectivity index (χ2v) is 6.64. The Hall–Kier alpha value is -0.520. The van der Waals surface area contributed by atoms with E-state index < -0.39 is 0 Å². The van der Waals surface area contributed by atoms with Gasteiger partial charge in [-0.15, -0.1) is 6.58 Å². The van der Waals surface area contributed by atoms with Gasteiger partial charge in [0.15, 0.2) is 0 Å². The highest BCUT2D eigenvalue weighted by molar-refractivity contribution is 5.18. The summed E-state index contributed by atoms with van der Waals surface area (Å²) < 4.78 is 0. The summed E-state index contributed by atoms with van der Waals surface area (Å²) in [6.07, 6.45) is 7.31. The summed E-state index contributed by atoms with van der Waals surface area (Å²) in [7, 11) is 0. The molecule has 2 aliphatic rings. The van der Waals surface area contributed by atoms with E-state index in [4.69, 9.17) is 0 Å². The predicted molar refractivity (Wildman–Crippen MR) is 66.7 cm³/mol. The Morgan fingerprint density at radius 3 is 2.53 bits per heavy atom. The number of hydrogen-bond donors (Lipinski definition) is 0. The molecule has 0 amide bonds. The van der Waals surface area contributed by atoms with E-state index in [1.807, 2.05) is 0 Å². The molecule has 0 radical (unpaired) electrons. The summed E-state index contributed by atoms with van der Waals surface area (Å²) in [5.41, 5.74) is 2.35. The van der Waals surface area contributed by atoms with Gasteiger partial charge in [-0.1, -0.05) is 39.0 Å². The fourth-order valence-corrected chi connectivity index (χ4v) is 3.66. The SMILES string of the molecule is C=C[C@@]1(C)CC[C@@H]2[C@H](CC2(C)C)C(=C)C1. The average molecular weight is 204 g/mol. The minimum Gasteiger partial charge on any atom is -0.103 e. The molecular weight excluding hydrogens is 180 g/mol. The van der Waals surface area contributed by atoms with Gasteiger partial charge in [-0.2, -0.15) is 0 Å². The van der Waals surface area contributed by atoms with Crippen LogP contribution in [0.3, 0.4) is 0 Å². The zero-order valence-electron chi connectivity index (χ0n) is 10.5. The van der Waals surface area contributed by atoms with E-state index >= 15 is 0 Å². The van der Waals surface area contributed by atoms with E-state index in [1.54, 1.807) is 0 Å². The average Bonchev–Trinajstić information content (AvgIpc) is 2.23. The molecule has 2 aliphatic carbocycles. The minimum absolute atomic E-state index is 0.310. The lowest BCUT2D eigenvalue weighted by Gasteiger charge is -2.52. The summed E-state index contributed by atoms with van der Waals surface area (Å²) in [6, 6.07) is 0. The third-order valence-electron chi connectivity index (χ3n) is 4.91. The quantitative estimate of drug-likeness (QED) is 0.548. The Labute approximate surface area is 94.5 Å². The van der Waals surface area contributed by atoms with Crippen LogP contribution in [0.25, 0.3) is 0 Å². The van der Waals surface area contributed by atoms with Crippen molar-refractivity contribution in [1.29, 1.82) is 0 Å². The molecule has 0 aliphatic heterocycles. The van der Waals surface area contributed by atoms with Crippen molar-refractivity contribution in [3.8, 4) is 0 Å². The van der Waals surface area contributed by atoms with E-state index in [0.717, 1.165) is 18.3 Å². The summed E-state index contributed by atoms with van der Waals surface area (Å²) >= 11 is 0. The van der Waals surface area contributed by atoms with Crippen LogP contribution in [-0.4, -0.2) is 0 Å². The van der Waals surface area contributed by atoms with Crippen LogP contribution in [0.5, 0.6) is 0 Å². The standard InChI is InChI=1S/C15H24/c1-6-15(5)8-7-13-12(11(2)9-15)10-14(13,3)4/h6,12-13H,1-2,7-10H2,3-5H3/t12-,13-,15+/m1/s1. The van der Waals surface area contributed by atoms with Crippen molar-refractivity contribution in [2.24, 2.45) is 22.7 Å². The zero-order chi connectivity index (χ0) is 11.3. The molecule has 0 unspecified atom stereocenters. The molecule has 3 atom stereocenters. The molecule has 2 saturated carbocycles. The maximum Gasteiger partial charge on any atom is -0.0112 e. The van der Waals surface area contributed by atoms with Gasteiger partial charge in [0.2, 0.25) is 0 Å². The lowest BCUT2D eigenvalue weighted by Crippen LogP contribution is -2.43. The lowest BCUT2D eigenvalue weighted by molar-refractivity contribution is 0.00685. The highest BCUT2D eigenvalue weighted by atomic mass is 14.5. The van der Waals surface area contributed by atoms with Crippen molar-refractivity contribution in [2.45, 2.75) is 46.5 Å². The first-order chi connectivity index (χ1) is 6.88. The Balaban J connectivity index is 2.19. The van der Waals surface area contributed by atoms with Crippen molar-refractivity contribution < 1.29 is 0 Å². The smallest absolute Gasteiger partial charge is 0.0112 e. The van der Waals surface area contributed by atoms with E-state index in [0.29, 0.717) is 10.8 Å². The molecular formula is C15H24. The Morgan fingerprint density at radius 2 is 2.00 bits per heavy atom. The van der Waals surface area contributed by atoms with Crippen LogP contribution >= 0.6 is 0 Å². The third-order valence-corrected chi connectivity index (χ3v) is 4.91. The van der Waals surface area contributed by atoms with Gasteiger partial charge in [0.25, 0.3) is 0 Å².